The summed E-state index contributed by atoms with van der Waals surface area (Å²) < 4.78 is 6.46. The van der Waals surface area contributed by atoms with E-state index in [0.717, 1.165) is 17.4 Å². The van der Waals surface area contributed by atoms with Gasteiger partial charge in [-0.15, -0.1) is 0 Å². The van der Waals surface area contributed by atoms with Crippen LogP contribution in [0.1, 0.15) is 6.42 Å². The molecule has 1 rings (SSSR count). The summed E-state index contributed by atoms with van der Waals surface area (Å²) in [6, 6.07) is 5.54. The molecule has 0 aliphatic heterocycles. The van der Waals surface area contributed by atoms with E-state index >= 15 is 0 Å². The van der Waals surface area contributed by atoms with Gasteiger partial charge < -0.3 is 15.2 Å². The van der Waals surface area contributed by atoms with Crippen LogP contribution in [0.15, 0.2) is 22.7 Å². The van der Waals surface area contributed by atoms with Crippen molar-refractivity contribution in [3.8, 4) is 5.75 Å². The Labute approximate surface area is 109 Å². The second-order valence-electron chi connectivity index (χ2n) is 3.25. The quantitative estimate of drug-likeness (QED) is 0.760. The highest BCUT2D eigenvalue weighted by molar-refractivity contribution is 9.10. The van der Waals surface area contributed by atoms with Crippen LogP contribution < -0.4 is 10.1 Å². The minimum absolute atomic E-state index is 0.166. The zero-order valence-corrected chi connectivity index (χ0v) is 11.2. The van der Waals surface area contributed by atoms with Crippen LogP contribution in [0.25, 0.3) is 0 Å². The van der Waals surface area contributed by atoms with Crippen LogP contribution in [-0.2, 0) is 0 Å². The lowest BCUT2D eigenvalue weighted by Crippen LogP contribution is -2.20. The first kappa shape index (κ1) is 13.8. The van der Waals surface area contributed by atoms with Gasteiger partial charge in [-0.2, -0.15) is 0 Å². The average Bonchev–Trinajstić information content (AvgIpc) is 2.26. The minimum Gasteiger partial charge on any atom is -0.492 e. The highest BCUT2D eigenvalue weighted by Crippen LogP contribution is 2.27. The van der Waals surface area contributed by atoms with E-state index in [9.17, 15) is 0 Å². The van der Waals surface area contributed by atoms with Crippen LogP contribution in [0.2, 0.25) is 5.02 Å². The molecule has 0 spiro atoms. The maximum absolute atomic E-state index is 8.55. The van der Waals surface area contributed by atoms with Crippen molar-refractivity contribution in [1.29, 1.82) is 0 Å². The Morgan fingerprint density at radius 2 is 2.19 bits per heavy atom. The van der Waals surface area contributed by atoms with Crippen molar-refractivity contribution in [2.75, 3.05) is 26.3 Å². The van der Waals surface area contributed by atoms with Crippen molar-refractivity contribution < 1.29 is 9.84 Å². The molecule has 0 aliphatic rings. The van der Waals surface area contributed by atoms with Crippen LogP contribution in [0.4, 0.5) is 0 Å². The average molecular weight is 309 g/mol. The Bertz CT molecular complexity index is 323. The number of ether oxygens (including phenoxy) is 1. The largest absolute Gasteiger partial charge is 0.492 e. The SMILES string of the molecule is OCCNCCCOc1ccc(Br)cc1Cl. The first-order valence-electron chi connectivity index (χ1n) is 5.13. The third-order valence-electron chi connectivity index (χ3n) is 1.94. The van der Waals surface area contributed by atoms with Crippen molar-refractivity contribution >= 4 is 27.5 Å². The summed E-state index contributed by atoms with van der Waals surface area (Å²) in [6.07, 6.45) is 0.881. The number of hydrogen-bond acceptors (Lipinski definition) is 3. The molecule has 0 saturated carbocycles. The molecule has 0 amide bonds. The Hall–Kier alpha value is -0.290. The van der Waals surface area contributed by atoms with E-state index in [1.54, 1.807) is 6.07 Å². The molecule has 0 saturated heterocycles. The first-order chi connectivity index (χ1) is 7.74. The molecular weight excluding hydrogens is 293 g/mol. The summed E-state index contributed by atoms with van der Waals surface area (Å²) in [4.78, 5) is 0. The van der Waals surface area contributed by atoms with E-state index in [0.29, 0.717) is 23.9 Å². The predicted octanol–water partition coefficient (Wildman–Crippen LogP) is 2.45. The van der Waals surface area contributed by atoms with Gasteiger partial charge in [0.25, 0.3) is 0 Å². The van der Waals surface area contributed by atoms with Crippen molar-refractivity contribution in [3.63, 3.8) is 0 Å². The highest BCUT2D eigenvalue weighted by Gasteiger charge is 2.01. The maximum atomic E-state index is 8.55. The number of hydrogen-bond donors (Lipinski definition) is 2. The molecule has 16 heavy (non-hydrogen) atoms. The lowest BCUT2D eigenvalue weighted by molar-refractivity contribution is 0.282. The van der Waals surface area contributed by atoms with Crippen LogP contribution >= 0.6 is 27.5 Å². The van der Waals surface area contributed by atoms with Gasteiger partial charge in [0, 0.05) is 11.0 Å². The monoisotopic (exact) mass is 307 g/mol. The van der Waals surface area contributed by atoms with Crippen molar-refractivity contribution in [1.82, 2.24) is 5.32 Å². The molecule has 5 heteroatoms. The second-order valence-corrected chi connectivity index (χ2v) is 4.57. The second kappa shape index (κ2) is 7.90. The van der Waals surface area contributed by atoms with E-state index < -0.39 is 0 Å². The van der Waals surface area contributed by atoms with E-state index in [4.69, 9.17) is 21.4 Å². The van der Waals surface area contributed by atoms with Gasteiger partial charge in [0.2, 0.25) is 0 Å². The number of benzene rings is 1. The minimum atomic E-state index is 0.166. The van der Waals surface area contributed by atoms with Crippen molar-refractivity contribution in [2.24, 2.45) is 0 Å². The normalized spacial score (nSPS) is 10.4. The van der Waals surface area contributed by atoms with Gasteiger partial charge in [-0.3, -0.25) is 0 Å². The molecule has 2 N–H and O–H groups in total. The molecule has 0 aliphatic carbocycles. The van der Waals surface area contributed by atoms with E-state index in [2.05, 4.69) is 21.2 Å². The lowest BCUT2D eigenvalue weighted by atomic mass is 10.3. The third-order valence-corrected chi connectivity index (χ3v) is 2.73. The summed E-state index contributed by atoms with van der Waals surface area (Å²) in [7, 11) is 0. The molecule has 3 nitrogen and oxygen atoms in total. The molecule has 0 bridgehead atoms. The number of rotatable bonds is 7. The summed E-state index contributed by atoms with van der Waals surface area (Å²) in [5.74, 6) is 0.701. The molecule has 0 fully saturated rings. The van der Waals surface area contributed by atoms with Crippen LogP contribution in [0.3, 0.4) is 0 Å². The zero-order chi connectivity index (χ0) is 11.8. The number of halogens is 2. The maximum Gasteiger partial charge on any atom is 0.137 e. The molecule has 90 valence electrons. The van der Waals surface area contributed by atoms with Gasteiger partial charge in [-0.1, -0.05) is 27.5 Å². The highest BCUT2D eigenvalue weighted by atomic mass is 79.9. The molecule has 1 aromatic rings. The standard InChI is InChI=1S/C11H15BrClNO2/c12-9-2-3-11(10(13)8-9)16-7-1-4-14-5-6-15/h2-3,8,14-15H,1,4-7H2. The summed E-state index contributed by atoms with van der Waals surface area (Å²) >= 11 is 9.32. The molecule has 0 unspecified atom stereocenters. The van der Waals surface area contributed by atoms with Crippen molar-refractivity contribution in [2.45, 2.75) is 6.42 Å². The lowest BCUT2D eigenvalue weighted by Gasteiger charge is -2.08. The van der Waals surface area contributed by atoms with Crippen molar-refractivity contribution in [3.05, 3.63) is 27.7 Å². The van der Waals surface area contributed by atoms with E-state index in [1.165, 1.54) is 0 Å². The smallest absolute Gasteiger partial charge is 0.137 e. The topological polar surface area (TPSA) is 41.5 Å². The van der Waals surface area contributed by atoms with Gasteiger partial charge >= 0.3 is 0 Å². The van der Waals surface area contributed by atoms with E-state index in [1.807, 2.05) is 12.1 Å². The fourth-order valence-corrected chi connectivity index (χ4v) is 1.90. The number of aliphatic hydroxyl groups is 1. The Morgan fingerprint density at radius 3 is 2.88 bits per heavy atom. The van der Waals surface area contributed by atoms with Gasteiger partial charge in [0.1, 0.15) is 5.75 Å². The molecule has 0 heterocycles. The summed E-state index contributed by atoms with van der Waals surface area (Å²) in [5, 5.41) is 12.2. The van der Waals surface area contributed by atoms with E-state index in [-0.39, 0.29) is 6.61 Å². The molecule has 0 aromatic heterocycles. The fraction of sp³-hybridized carbons (Fsp3) is 0.455. The Balaban J connectivity index is 2.21. The van der Waals surface area contributed by atoms with Gasteiger partial charge in [0.15, 0.2) is 0 Å². The summed E-state index contributed by atoms with van der Waals surface area (Å²) in [6.45, 7) is 2.23. The first-order valence-corrected chi connectivity index (χ1v) is 6.30. The Morgan fingerprint density at radius 1 is 1.38 bits per heavy atom. The molecule has 0 atom stereocenters. The van der Waals surface area contributed by atoms with Gasteiger partial charge in [0.05, 0.1) is 18.2 Å². The van der Waals surface area contributed by atoms with Gasteiger partial charge in [-0.25, -0.2) is 0 Å². The molecular formula is C11H15BrClNO2. The van der Waals surface area contributed by atoms with Crippen LogP contribution in [-0.4, -0.2) is 31.4 Å². The molecule has 1 aromatic carbocycles. The van der Waals surface area contributed by atoms with Gasteiger partial charge in [-0.05, 0) is 31.2 Å². The summed E-state index contributed by atoms with van der Waals surface area (Å²) in [5.41, 5.74) is 0. The van der Waals surface area contributed by atoms with Crippen LogP contribution in [0.5, 0.6) is 5.75 Å². The third kappa shape index (κ3) is 5.16. The zero-order valence-electron chi connectivity index (χ0n) is 8.88. The number of nitrogens with one attached hydrogen (secondary N) is 1. The predicted molar refractivity (Wildman–Crippen MR) is 69.2 cm³/mol. The number of aliphatic hydroxyl groups excluding tert-OH is 1. The van der Waals surface area contributed by atoms with Crippen LogP contribution in [0, 0.1) is 0 Å². The molecule has 0 radical (unpaired) electrons. The fourth-order valence-electron chi connectivity index (χ4n) is 1.18. The Kier molecular flexibility index (Phi) is 6.80.